The van der Waals surface area contributed by atoms with Crippen molar-refractivity contribution in [1.82, 2.24) is 4.98 Å². The summed E-state index contributed by atoms with van der Waals surface area (Å²) < 4.78 is 27.1. The van der Waals surface area contributed by atoms with Gasteiger partial charge < -0.3 is 10.4 Å². The van der Waals surface area contributed by atoms with Gasteiger partial charge in [0, 0.05) is 17.3 Å². The number of fused-ring (bicyclic) bond motifs is 2. The molecule has 2 aliphatic rings. The van der Waals surface area contributed by atoms with E-state index in [0.717, 1.165) is 0 Å². The van der Waals surface area contributed by atoms with E-state index in [2.05, 4.69) is 15.0 Å². The molecule has 2 aliphatic carbocycles. The Hall–Kier alpha value is -2.72. The number of allylic oxidation sites excluding steroid dienone is 2. The van der Waals surface area contributed by atoms with Crippen molar-refractivity contribution in [2.45, 2.75) is 11.3 Å². The number of aromatic nitrogens is 1. The van der Waals surface area contributed by atoms with Gasteiger partial charge in [-0.05, 0) is 42.5 Å². The van der Waals surface area contributed by atoms with Crippen LogP contribution in [0.5, 0.6) is 0 Å². The molecule has 28 heavy (non-hydrogen) atoms. The summed E-state index contributed by atoms with van der Waals surface area (Å²) in [6.07, 6.45) is 5.96. The average Bonchev–Trinajstić information content (AvgIpc) is 3.38. The van der Waals surface area contributed by atoms with Crippen molar-refractivity contribution in [3.8, 4) is 0 Å². The van der Waals surface area contributed by atoms with Crippen LogP contribution in [0.4, 0.5) is 10.8 Å². The Morgan fingerprint density at radius 1 is 1.11 bits per heavy atom. The van der Waals surface area contributed by atoms with Crippen molar-refractivity contribution in [2.75, 3.05) is 10.0 Å². The quantitative estimate of drug-likeness (QED) is 0.618. The normalized spacial score (nSPS) is 25.6. The van der Waals surface area contributed by atoms with E-state index >= 15 is 0 Å². The molecular formula is C18H17N3O5S2. The number of hydrogen-bond donors (Lipinski definition) is 3. The molecule has 0 aliphatic heterocycles. The number of thiazole rings is 1. The van der Waals surface area contributed by atoms with Crippen LogP contribution in [0.2, 0.25) is 0 Å². The number of nitrogens with zero attached hydrogens (tertiary/aromatic N) is 1. The summed E-state index contributed by atoms with van der Waals surface area (Å²) in [6, 6.07) is 5.71. The number of nitrogens with one attached hydrogen (secondary N) is 2. The Morgan fingerprint density at radius 3 is 2.39 bits per heavy atom. The van der Waals surface area contributed by atoms with Crippen LogP contribution in [-0.2, 0) is 19.6 Å². The van der Waals surface area contributed by atoms with E-state index in [0.29, 0.717) is 12.1 Å². The molecule has 2 bridgehead atoms. The predicted octanol–water partition coefficient (Wildman–Crippen LogP) is 2.41. The number of carbonyl (C=O) groups is 2. The monoisotopic (exact) mass is 419 g/mol. The third-order valence-electron chi connectivity index (χ3n) is 5.13. The first-order valence-corrected chi connectivity index (χ1v) is 11.0. The van der Waals surface area contributed by atoms with E-state index in [4.69, 9.17) is 0 Å². The topological polar surface area (TPSA) is 125 Å². The van der Waals surface area contributed by atoms with Crippen molar-refractivity contribution in [3.05, 3.63) is 48.0 Å². The fourth-order valence-electron chi connectivity index (χ4n) is 3.91. The molecule has 0 unspecified atom stereocenters. The van der Waals surface area contributed by atoms with Crippen LogP contribution < -0.4 is 10.0 Å². The smallest absolute Gasteiger partial charge is 0.307 e. The van der Waals surface area contributed by atoms with Crippen molar-refractivity contribution in [3.63, 3.8) is 0 Å². The number of benzene rings is 1. The maximum Gasteiger partial charge on any atom is 0.307 e. The highest BCUT2D eigenvalue weighted by Gasteiger charge is 2.51. The van der Waals surface area contributed by atoms with E-state index < -0.39 is 27.8 Å². The molecule has 1 heterocycles. The second-order valence-electron chi connectivity index (χ2n) is 6.79. The van der Waals surface area contributed by atoms with E-state index in [1.54, 1.807) is 5.38 Å². The zero-order valence-electron chi connectivity index (χ0n) is 14.5. The Labute approximate surface area is 165 Å². The minimum Gasteiger partial charge on any atom is -0.481 e. The minimum atomic E-state index is -3.77. The molecule has 10 heteroatoms. The summed E-state index contributed by atoms with van der Waals surface area (Å²) >= 11 is 1.17. The van der Waals surface area contributed by atoms with Crippen molar-refractivity contribution in [1.29, 1.82) is 0 Å². The fraction of sp³-hybridized carbons (Fsp3) is 0.278. The highest BCUT2D eigenvalue weighted by molar-refractivity contribution is 7.93. The summed E-state index contributed by atoms with van der Waals surface area (Å²) in [5, 5.41) is 14.1. The number of hydrogen-bond acceptors (Lipinski definition) is 6. The van der Waals surface area contributed by atoms with Crippen molar-refractivity contribution in [2.24, 2.45) is 23.7 Å². The van der Waals surface area contributed by atoms with Crippen molar-refractivity contribution < 1.29 is 23.1 Å². The molecule has 1 amide bonds. The summed E-state index contributed by atoms with van der Waals surface area (Å²) in [7, 11) is -3.77. The molecule has 1 aromatic heterocycles. The Morgan fingerprint density at radius 2 is 1.79 bits per heavy atom. The number of rotatable bonds is 6. The van der Waals surface area contributed by atoms with Crippen LogP contribution in [0.15, 0.2) is 52.9 Å². The highest BCUT2D eigenvalue weighted by atomic mass is 32.2. The van der Waals surface area contributed by atoms with E-state index in [-0.39, 0.29) is 27.8 Å². The van der Waals surface area contributed by atoms with Crippen LogP contribution in [-0.4, -0.2) is 30.4 Å². The Balaban J connectivity index is 1.47. The molecule has 4 rings (SSSR count). The van der Waals surface area contributed by atoms with Gasteiger partial charge in [0.05, 0.1) is 16.7 Å². The van der Waals surface area contributed by atoms with Gasteiger partial charge in [-0.2, -0.15) is 0 Å². The lowest BCUT2D eigenvalue weighted by Gasteiger charge is -2.23. The molecular weight excluding hydrogens is 402 g/mol. The lowest BCUT2D eigenvalue weighted by Crippen LogP contribution is -2.36. The number of anilines is 2. The van der Waals surface area contributed by atoms with E-state index in [1.807, 2.05) is 12.2 Å². The molecule has 1 fully saturated rings. The third kappa shape index (κ3) is 3.40. The Bertz CT molecular complexity index is 1030. The molecule has 0 spiro atoms. The molecule has 0 radical (unpaired) electrons. The Kier molecular flexibility index (Phi) is 4.68. The van der Waals surface area contributed by atoms with E-state index in [1.165, 1.54) is 41.8 Å². The summed E-state index contributed by atoms with van der Waals surface area (Å²) in [5.41, 5.74) is 0.411. The number of carboxylic acid groups (broad SMARTS) is 1. The summed E-state index contributed by atoms with van der Waals surface area (Å²) in [6.45, 7) is 0. The van der Waals surface area contributed by atoms with E-state index in [9.17, 15) is 23.1 Å². The van der Waals surface area contributed by atoms with Gasteiger partial charge in [0.2, 0.25) is 5.91 Å². The maximum atomic E-state index is 12.7. The van der Waals surface area contributed by atoms with Gasteiger partial charge in [-0.15, -0.1) is 11.3 Å². The standard InChI is InChI=1S/C18H17N3O5S2/c22-16(14-10-1-2-11(9-10)15(14)17(23)24)20-12-3-5-13(6-4-12)28(25,26)21-18-19-7-8-27-18/h1-8,10-11,14-15H,9H2,(H,19,21)(H,20,22)(H,23,24)/t10-,11+,14-,15+/m0/s1. The molecule has 1 aromatic carbocycles. The van der Waals surface area contributed by atoms with Crippen molar-refractivity contribution >= 4 is 44.1 Å². The molecule has 1 saturated carbocycles. The number of amides is 1. The number of carboxylic acids is 1. The lowest BCUT2D eigenvalue weighted by atomic mass is 9.82. The van der Waals surface area contributed by atoms with Crippen LogP contribution in [0.25, 0.3) is 0 Å². The summed E-state index contributed by atoms with van der Waals surface area (Å²) in [5.74, 6) is -2.86. The van der Waals surface area contributed by atoms with Gasteiger partial charge in [-0.1, -0.05) is 12.2 Å². The highest BCUT2D eigenvalue weighted by Crippen LogP contribution is 2.48. The fourth-order valence-corrected chi connectivity index (χ4v) is 5.70. The second kappa shape index (κ2) is 7.02. The zero-order valence-corrected chi connectivity index (χ0v) is 16.1. The predicted molar refractivity (Wildman–Crippen MR) is 103 cm³/mol. The summed E-state index contributed by atoms with van der Waals surface area (Å²) in [4.78, 5) is 28.1. The number of sulfonamides is 1. The van der Waals surface area contributed by atoms with Crippen LogP contribution in [0, 0.1) is 23.7 Å². The SMILES string of the molecule is O=C(Nc1ccc(S(=O)(=O)Nc2nccs2)cc1)[C@@H]1[C@H](C(=O)O)[C@@H]2C=C[C@H]1C2. The number of aliphatic carboxylic acids is 1. The minimum absolute atomic E-state index is 0.0342. The first-order chi connectivity index (χ1) is 13.3. The number of carbonyl (C=O) groups excluding carboxylic acids is 1. The van der Waals surface area contributed by atoms with Crippen LogP contribution >= 0.6 is 11.3 Å². The van der Waals surface area contributed by atoms with Gasteiger partial charge in [0.25, 0.3) is 10.0 Å². The van der Waals surface area contributed by atoms with Gasteiger partial charge in [0.1, 0.15) is 0 Å². The average molecular weight is 419 g/mol. The largest absolute Gasteiger partial charge is 0.481 e. The van der Waals surface area contributed by atoms with Gasteiger partial charge >= 0.3 is 5.97 Å². The molecule has 0 saturated heterocycles. The molecule has 8 nitrogen and oxygen atoms in total. The molecule has 2 aromatic rings. The first-order valence-electron chi connectivity index (χ1n) is 8.59. The third-order valence-corrected chi connectivity index (χ3v) is 7.31. The zero-order chi connectivity index (χ0) is 19.9. The maximum absolute atomic E-state index is 12.7. The van der Waals surface area contributed by atoms with Gasteiger partial charge in [-0.3, -0.25) is 14.3 Å². The second-order valence-corrected chi connectivity index (χ2v) is 9.37. The van der Waals surface area contributed by atoms with Crippen LogP contribution in [0.1, 0.15) is 6.42 Å². The molecule has 3 N–H and O–H groups in total. The first kappa shape index (κ1) is 18.6. The molecule has 146 valence electrons. The lowest BCUT2D eigenvalue weighted by molar-refractivity contribution is -0.146. The van der Waals surface area contributed by atoms with Crippen LogP contribution in [0.3, 0.4) is 0 Å². The van der Waals surface area contributed by atoms with Gasteiger partial charge in [-0.25, -0.2) is 13.4 Å². The molecule has 4 atom stereocenters. The van der Waals surface area contributed by atoms with Gasteiger partial charge in [0.15, 0.2) is 5.13 Å².